The Bertz CT molecular complexity index is 989. The Kier molecular flexibility index (Phi) is 8.90. The first-order valence-corrected chi connectivity index (χ1v) is 12.2. The van der Waals surface area contributed by atoms with Gasteiger partial charge in [0.2, 0.25) is 15.0 Å². The van der Waals surface area contributed by atoms with Gasteiger partial charge in [0.25, 0.3) is 0 Å². The molecule has 172 valence electrons. The van der Waals surface area contributed by atoms with E-state index in [0.29, 0.717) is 29.4 Å². The number of carbonyl (C=O) groups excluding carboxylic acids is 1. The van der Waals surface area contributed by atoms with Crippen molar-refractivity contribution in [1.29, 1.82) is 0 Å². The predicted molar refractivity (Wildman–Crippen MR) is 121 cm³/mol. The number of imidazole rings is 1. The van der Waals surface area contributed by atoms with Crippen molar-refractivity contribution in [3.8, 4) is 0 Å². The number of methoxy groups -OCH3 is 1. The molecule has 0 spiro atoms. The molecule has 0 aliphatic carbocycles. The number of aromatic nitrogens is 2. The van der Waals surface area contributed by atoms with Gasteiger partial charge in [-0.2, -0.15) is 0 Å². The Morgan fingerprint density at radius 2 is 1.94 bits per heavy atom. The molecule has 8 nitrogen and oxygen atoms in total. The molecular weight excluding hydrogens is 440 g/mol. The van der Waals surface area contributed by atoms with Crippen LogP contribution in [0.4, 0.5) is 4.79 Å². The predicted octanol–water partition coefficient (Wildman–Crippen LogP) is 3.49. The molecule has 0 bridgehead atoms. The molecule has 2 amide bonds. The van der Waals surface area contributed by atoms with Gasteiger partial charge < -0.3 is 19.5 Å². The second kappa shape index (κ2) is 11.0. The first-order valence-electron chi connectivity index (χ1n) is 10.1. The van der Waals surface area contributed by atoms with Crippen LogP contribution in [0.3, 0.4) is 0 Å². The van der Waals surface area contributed by atoms with Crippen molar-refractivity contribution in [3.05, 3.63) is 46.7 Å². The van der Waals surface area contributed by atoms with Gasteiger partial charge in [-0.25, -0.2) is 18.2 Å². The lowest BCUT2D eigenvalue weighted by atomic mass is 10.2. The first-order chi connectivity index (χ1) is 14.6. The van der Waals surface area contributed by atoms with Gasteiger partial charge in [0, 0.05) is 30.8 Å². The zero-order chi connectivity index (χ0) is 23.2. The first kappa shape index (κ1) is 25.2. The molecule has 0 saturated carbocycles. The maximum absolute atomic E-state index is 13.2. The van der Waals surface area contributed by atoms with Crippen LogP contribution >= 0.6 is 11.6 Å². The lowest BCUT2D eigenvalue weighted by Gasteiger charge is -2.28. The van der Waals surface area contributed by atoms with Crippen LogP contribution in [0, 0.1) is 0 Å². The molecule has 1 heterocycles. The zero-order valence-electron chi connectivity index (χ0n) is 18.6. The standard InChI is InChI=1S/C21H31ClN4O4S/c1-15(2)24-20(27)26(16(3)4)13-18-12-23-21(25(18)10-11-30-5)31(28,29)14-17-8-6-7-9-19(17)22/h6-9,12,15-16H,10-11,13-14H2,1-5H3,(H,24,27). The van der Waals surface area contributed by atoms with Gasteiger partial charge in [0.1, 0.15) is 0 Å². The largest absolute Gasteiger partial charge is 0.383 e. The highest BCUT2D eigenvalue weighted by Gasteiger charge is 2.27. The van der Waals surface area contributed by atoms with Gasteiger partial charge >= 0.3 is 6.03 Å². The number of nitrogens with one attached hydrogen (secondary N) is 1. The van der Waals surface area contributed by atoms with E-state index in [1.165, 1.54) is 6.20 Å². The SMILES string of the molecule is COCCn1c(CN(C(=O)NC(C)C)C(C)C)cnc1S(=O)(=O)Cc1ccccc1Cl. The average Bonchev–Trinajstić information content (AvgIpc) is 3.08. The van der Waals surface area contributed by atoms with E-state index >= 15 is 0 Å². The van der Waals surface area contributed by atoms with Crippen molar-refractivity contribution in [2.45, 2.75) is 63.8 Å². The van der Waals surface area contributed by atoms with Crippen LogP contribution < -0.4 is 5.32 Å². The molecular formula is C21H31ClN4O4S. The van der Waals surface area contributed by atoms with Crippen LogP contribution in [0.15, 0.2) is 35.6 Å². The van der Waals surface area contributed by atoms with Crippen LogP contribution in [0.1, 0.15) is 39.0 Å². The number of sulfone groups is 1. The molecule has 1 aromatic carbocycles. The van der Waals surface area contributed by atoms with Gasteiger partial charge in [-0.05, 0) is 39.3 Å². The molecule has 1 N–H and O–H groups in total. The highest BCUT2D eigenvalue weighted by atomic mass is 35.5. The minimum absolute atomic E-state index is 0.0151. The number of amides is 2. The quantitative estimate of drug-likeness (QED) is 0.573. The lowest BCUT2D eigenvalue weighted by molar-refractivity contribution is 0.170. The summed E-state index contributed by atoms with van der Waals surface area (Å²) in [5, 5.41) is 3.21. The average molecular weight is 471 g/mol. The fourth-order valence-corrected chi connectivity index (χ4v) is 4.90. The third kappa shape index (κ3) is 6.69. The van der Waals surface area contributed by atoms with Crippen molar-refractivity contribution in [3.63, 3.8) is 0 Å². The van der Waals surface area contributed by atoms with Crippen LogP contribution in [0.25, 0.3) is 0 Å². The molecule has 10 heteroatoms. The second-order valence-corrected chi connectivity index (χ2v) is 10.1. The summed E-state index contributed by atoms with van der Waals surface area (Å²) in [5.41, 5.74) is 1.12. The number of halogens is 1. The van der Waals surface area contributed by atoms with Crippen LogP contribution in [0.5, 0.6) is 0 Å². The summed E-state index contributed by atoms with van der Waals surface area (Å²) in [7, 11) is -2.23. The van der Waals surface area contributed by atoms with E-state index in [0.717, 1.165) is 0 Å². The number of benzene rings is 1. The molecule has 0 fully saturated rings. The van der Waals surface area contributed by atoms with Crippen LogP contribution in [-0.4, -0.2) is 54.7 Å². The second-order valence-electron chi connectivity index (χ2n) is 7.85. The summed E-state index contributed by atoms with van der Waals surface area (Å²) in [6.45, 7) is 8.40. The highest BCUT2D eigenvalue weighted by molar-refractivity contribution is 7.90. The molecule has 31 heavy (non-hydrogen) atoms. The number of rotatable bonds is 10. The van der Waals surface area contributed by atoms with Gasteiger partial charge in [-0.1, -0.05) is 29.8 Å². The number of hydrogen-bond donors (Lipinski definition) is 1. The summed E-state index contributed by atoms with van der Waals surface area (Å²) < 4.78 is 33.1. The maximum atomic E-state index is 13.2. The minimum Gasteiger partial charge on any atom is -0.383 e. The Hall–Kier alpha value is -2.10. The molecule has 0 atom stereocenters. The third-order valence-electron chi connectivity index (χ3n) is 4.63. The Morgan fingerprint density at radius 3 is 2.52 bits per heavy atom. The zero-order valence-corrected chi connectivity index (χ0v) is 20.2. The lowest BCUT2D eigenvalue weighted by Crippen LogP contribution is -2.46. The smallest absolute Gasteiger partial charge is 0.318 e. The number of carbonyl (C=O) groups is 1. The Labute approximate surface area is 189 Å². The van der Waals surface area contributed by atoms with E-state index < -0.39 is 9.84 Å². The van der Waals surface area contributed by atoms with E-state index in [-0.39, 0.29) is 35.6 Å². The van der Waals surface area contributed by atoms with Crippen molar-refractivity contribution < 1.29 is 17.9 Å². The van der Waals surface area contributed by atoms with Crippen LogP contribution in [-0.2, 0) is 33.4 Å². The van der Waals surface area contributed by atoms with Gasteiger partial charge in [-0.15, -0.1) is 0 Å². The molecule has 0 radical (unpaired) electrons. The van der Waals surface area contributed by atoms with Crippen molar-refractivity contribution in [1.82, 2.24) is 19.8 Å². The van der Waals surface area contributed by atoms with E-state index in [2.05, 4.69) is 10.3 Å². The third-order valence-corrected chi connectivity index (χ3v) is 6.57. The van der Waals surface area contributed by atoms with Crippen molar-refractivity contribution in [2.75, 3.05) is 13.7 Å². The summed E-state index contributed by atoms with van der Waals surface area (Å²) in [4.78, 5) is 18.5. The highest BCUT2D eigenvalue weighted by Crippen LogP contribution is 2.23. The Balaban J connectivity index is 2.40. The molecule has 0 saturated heterocycles. The monoisotopic (exact) mass is 470 g/mol. The van der Waals surface area contributed by atoms with Crippen LogP contribution in [0.2, 0.25) is 5.02 Å². The summed E-state index contributed by atoms with van der Waals surface area (Å²) in [5.74, 6) is -0.266. The van der Waals surface area contributed by atoms with Gasteiger partial charge in [-0.3, -0.25) is 0 Å². The molecule has 0 aliphatic heterocycles. The Morgan fingerprint density at radius 1 is 1.26 bits per heavy atom. The van der Waals surface area contributed by atoms with E-state index in [1.54, 1.807) is 40.8 Å². The molecule has 2 aromatic rings. The number of urea groups is 1. The minimum atomic E-state index is -3.78. The van der Waals surface area contributed by atoms with Crippen molar-refractivity contribution >= 4 is 27.5 Å². The fourth-order valence-electron chi connectivity index (χ4n) is 3.07. The maximum Gasteiger partial charge on any atom is 0.318 e. The van der Waals surface area contributed by atoms with E-state index in [4.69, 9.17) is 16.3 Å². The number of hydrogen-bond acceptors (Lipinski definition) is 5. The summed E-state index contributed by atoms with van der Waals surface area (Å²) in [6.07, 6.45) is 1.51. The molecule has 1 aromatic heterocycles. The molecule has 0 aliphatic rings. The topological polar surface area (TPSA) is 93.5 Å². The van der Waals surface area contributed by atoms with Crippen molar-refractivity contribution in [2.24, 2.45) is 0 Å². The van der Waals surface area contributed by atoms with Gasteiger partial charge in [0.15, 0.2) is 0 Å². The van der Waals surface area contributed by atoms with E-state index in [1.807, 2.05) is 27.7 Å². The number of ether oxygens (including phenoxy) is 1. The summed E-state index contributed by atoms with van der Waals surface area (Å²) >= 11 is 6.16. The number of nitrogens with zero attached hydrogens (tertiary/aromatic N) is 3. The molecule has 2 rings (SSSR count). The fraction of sp³-hybridized carbons (Fsp3) is 0.524. The van der Waals surface area contributed by atoms with E-state index in [9.17, 15) is 13.2 Å². The van der Waals surface area contributed by atoms with Gasteiger partial charge in [0.05, 0.1) is 30.8 Å². The molecule has 0 unspecified atom stereocenters. The normalized spacial score (nSPS) is 11.9. The summed E-state index contributed by atoms with van der Waals surface area (Å²) in [6, 6.07) is 6.51.